The van der Waals surface area contributed by atoms with E-state index >= 15 is 0 Å². The molecule has 1 fully saturated rings. The van der Waals surface area contributed by atoms with E-state index in [9.17, 15) is 9.59 Å². The highest BCUT2D eigenvalue weighted by atomic mass is 16.5. The number of rotatable bonds is 5. The van der Waals surface area contributed by atoms with Crippen LogP contribution in [0, 0.1) is 0 Å². The van der Waals surface area contributed by atoms with Gasteiger partial charge in [0.1, 0.15) is 5.70 Å². The Morgan fingerprint density at radius 2 is 1.63 bits per heavy atom. The molecule has 1 heterocycles. The number of carbonyl (C=O) groups is 2. The summed E-state index contributed by atoms with van der Waals surface area (Å²) in [6, 6.07) is 3.89. The van der Waals surface area contributed by atoms with E-state index in [0.717, 1.165) is 65.0 Å². The summed E-state index contributed by atoms with van der Waals surface area (Å²) in [6.07, 6.45) is 5.20. The summed E-state index contributed by atoms with van der Waals surface area (Å²) in [5.41, 5.74) is 8.11. The van der Waals surface area contributed by atoms with Gasteiger partial charge in [0.25, 0.3) is 0 Å². The lowest BCUT2D eigenvalue weighted by molar-refractivity contribution is -0.294. The van der Waals surface area contributed by atoms with Crippen LogP contribution >= 0.6 is 0 Å². The van der Waals surface area contributed by atoms with Gasteiger partial charge in [0.2, 0.25) is 17.3 Å². The first-order valence-electron chi connectivity index (χ1n) is 10.0. The number of allylic oxidation sites excluding steroid dienone is 2. The van der Waals surface area contributed by atoms with E-state index in [4.69, 9.17) is 4.74 Å². The van der Waals surface area contributed by atoms with Crippen LogP contribution in [0.4, 0.5) is 0 Å². The Labute approximate surface area is 159 Å². The van der Waals surface area contributed by atoms with E-state index in [-0.39, 0.29) is 11.6 Å². The van der Waals surface area contributed by atoms with Crippen LogP contribution in [0.1, 0.15) is 51.1 Å². The van der Waals surface area contributed by atoms with Gasteiger partial charge in [-0.2, -0.15) is 0 Å². The monoisotopic (exact) mass is 370 g/mol. The minimum absolute atomic E-state index is 0.0886. The molecule has 4 N–H and O–H groups in total. The maximum Gasteiger partial charge on any atom is 0.249 e. The number of hydrogen-bond acceptors (Lipinski definition) is 5. The number of carbonyl (C=O) groups excluding carboxylic acids is 2. The number of hydrogen-bond donors (Lipinski definition) is 2. The lowest BCUT2D eigenvalue weighted by Gasteiger charge is -2.26. The van der Waals surface area contributed by atoms with Crippen molar-refractivity contribution in [2.75, 3.05) is 39.4 Å². The lowest BCUT2D eigenvalue weighted by atomic mass is 9.83. The van der Waals surface area contributed by atoms with Crippen LogP contribution in [-0.2, 0) is 17.6 Å². The fraction of sp³-hybridized carbons (Fsp3) is 0.524. The highest BCUT2D eigenvalue weighted by molar-refractivity contribution is 6.25. The topological polar surface area (TPSA) is 86.3 Å². The average molecular weight is 370 g/mol. The third kappa shape index (κ3) is 3.70. The summed E-state index contributed by atoms with van der Waals surface area (Å²) in [4.78, 5) is 28.2. The summed E-state index contributed by atoms with van der Waals surface area (Å²) in [7, 11) is 0. The van der Waals surface area contributed by atoms with Crippen molar-refractivity contribution in [3.05, 3.63) is 45.8 Å². The highest BCUT2D eigenvalue weighted by Crippen LogP contribution is 2.29. The number of benzene rings is 1. The van der Waals surface area contributed by atoms with Gasteiger partial charge < -0.3 is 15.8 Å². The van der Waals surface area contributed by atoms with Crippen molar-refractivity contribution in [3.63, 3.8) is 0 Å². The Morgan fingerprint density at radius 1 is 1.00 bits per heavy atom. The van der Waals surface area contributed by atoms with E-state index in [1.165, 1.54) is 11.1 Å². The van der Waals surface area contributed by atoms with Crippen molar-refractivity contribution >= 4 is 11.6 Å². The second-order valence-corrected chi connectivity index (χ2v) is 7.62. The van der Waals surface area contributed by atoms with E-state index in [1.54, 1.807) is 0 Å². The van der Waals surface area contributed by atoms with Crippen molar-refractivity contribution < 1.29 is 20.1 Å². The van der Waals surface area contributed by atoms with Gasteiger partial charge in [0.15, 0.2) is 0 Å². The fourth-order valence-electron chi connectivity index (χ4n) is 4.24. The Kier molecular flexibility index (Phi) is 5.38. The number of ether oxygens (including phenoxy) is 1. The largest absolute Gasteiger partial charge is 0.379 e. The number of Topliss-reactive ketones (excluding diaryl/α,β-unsaturated/α-hetero) is 2. The summed E-state index contributed by atoms with van der Waals surface area (Å²) < 4.78 is 5.36. The molecule has 0 spiro atoms. The molecule has 27 heavy (non-hydrogen) atoms. The van der Waals surface area contributed by atoms with E-state index in [1.807, 2.05) is 12.1 Å². The first-order valence-corrected chi connectivity index (χ1v) is 10.0. The van der Waals surface area contributed by atoms with Crippen LogP contribution in [0.5, 0.6) is 0 Å². The van der Waals surface area contributed by atoms with Gasteiger partial charge in [-0.15, -0.1) is 0 Å². The number of nitrogens with zero attached hydrogens (tertiary/aromatic N) is 1. The molecule has 144 valence electrons. The zero-order chi connectivity index (χ0) is 18.8. The van der Waals surface area contributed by atoms with Gasteiger partial charge >= 0.3 is 0 Å². The van der Waals surface area contributed by atoms with Gasteiger partial charge in [-0.3, -0.25) is 14.5 Å². The molecular formula is C21H28N3O3+. The minimum Gasteiger partial charge on any atom is -0.379 e. The predicted octanol–water partition coefficient (Wildman–Crippen LogP) is 0.710. The van der Waals surface area contributed by atoms with Crippen LogP contribution in [-0.4, -0.2) is 55.9 Å². The number of morpholine rings is 1. The molecule has 0 aromatic heterocycles. The normalized spacial score (nSPS) is 20.5. The zero-order valence-corrected chi connectivity index (χ0v) is 15.8. The third-order valence-electron chi connectivity index (χ3n) is 5.83. The van der Waals surface area contributed by atoms with Crippen molar-refractivity contribution in [2.45, 2.75) is 32.1 Å². The van der Waals surface area contributed by atoms with Gasteiger partial charge in [-0.05, 0) is 61.9 Å². The molecule has 1 aromatic rings. The maximum absolute atomic E-state index is 13.0. The van der Waals surface area contributed by atoms with Crippen LogP contribution in [0.15, 0.2) is 23.5 Å². The predicted molar refractivity (Wildman–Crippen MR) is 102 cm³/mol. The number of fused-ring (bicyclic) bond motifs is 2. The SMILES string of the molecule is [NH3+]C1=C(NCCCN2CCOCC2)C(=O)c2cc3c(cc2C1=O)CCCC3. The van der Waals surface area contributed by atoms with Crippen LogP contribution in [0.3, 0.4) is 0 Å². The van der Waals surface area contributed by atoms with Crippen molar-refractivity contribution in [2.24, 2.45) is 0 Å². The second kappa shape index (κ2) is 7.92. The van der Waals surface area contributed by atoms with E-state index in [0.29, 0.717) is 29.1 Å². The van der Waals surface area contributed by atoms with Crippen molar-refractivity contribution in [3.8, 4) is 0 Å². The lowest BCUT2D eigenvalue weighted by Crippen LogP contribution is -2.56. The quantitative estimate of drug-likeness (QED) is 0.746. The molecule has 0 radical (unpaired) electrons. The summed E-state index contributed by atoms with van der Waals surface area (Å²) in [6.45, 7) is 5.11. The average Bonchev–Trinajstić information content (AvgIpc) is 2.71. The molecule has 0 amide bonds. The molecule has 0 saturated carbocycles. The minimum atomic E-state index is -0.117. The van der Waals surface area contributed by atoms with Crippen LogP contribution in [0.2, 0.25) is 0 Å². The first kappa shape index (κ1) is 18.3. The molecule has 0 atom stereocenters. The molecule has 0 unspecified atom stereocenters. The molecule has 3 aliphatic rings. The molecule has 2 aliphatic carbocycles. The Bertz CT molecular complexity index is 794. The Morgan fingerprint density at radius 3 is 2.30 bits per heavy atom. The van der Waals surface area contributed by atoms with Gasteiger partial charge in [0.05, 0.1) is 13.2 Å². The molecule has 1 aliphatic heterocycles. The standard InChI is InChI=1S/C21H27N3O3/c22-18-19(23-6-3-7-24-8-10-27-11-9-24)21(26)17-13-15-5-2-1-4-14(15)12-16(17)20(18)25/h12-13,23H,1-11,22H2/p+1. The van der Waals surface area contributed by atoms with Crippen molar-refractivity contribution in [1.29, 1.82) is 0 Å². The number of quaternary nitrogens is 1. The highest BCUT2D eigenvalue weighted by Gasteiger charge is 2.34. The van der Waals surface area contributed by atoms with Gasteiger partial charge in [0, 0.05) is 30.8 Å². The molecule has 0 bridgehead atoms. The van der Waals surface area contributed by atoms with Crippen molar-refractivity contribution in [1.82, 2.24) is 10.2 Å². The van der Waals surface area contributed by atoms with Gasteiger partial charge in [-0.25, -0.2) is 0 Å². The summed E-state index contributed by atoms with van der Waals surface area (Å²) >= 11 is 0. The fourth-order valence-corrected chi connectivity index (χ4v) is 4.24. The molecule has 6 heteroatoms. The number of nitrogens with one attached hydrogen (secondary N) is 1. The smallest absolute Gasteiger partial charge is 0.249 e. The zero-order valence-electron chi connectivity index (χ0n) is 15.8. The first-order chi connectivity index (χ1) is 13.1. The summed E-state index contributed by atoms with van der Waals surface area (Å²) in [5.74, 6) is -0.206. The molecule has 1 saturated heterocycles. The van der Waals surface area contributed by atoms with Crippen LogP contribution in [0.25, 0.3) is 0 Å². The third-order valence-corrected chi connectivity index (χ3v) is 5.83. The van der Waals surface area contributed by atoms with Crippen LogP contribution < -0.4 is 11.1 Å². The number of aryl methyl sites for hydroxylation is 2. The molecule has 1 aromatic carbocycles. The summed E-state index contributed by atoms with van der Waals surface area (Å²) in [5, 5.41) is 3.20. The molecule has 4 rings (SSSR count). The number of ketones is 2. The van der Waals surface area contributed by atoms with E-state index < -0.39 is 0 Å². The van der Waals surface area contributed by atoms with E-state index in [2.05, 4.69) is 16.0 Å². The molecule has 6 nitrogen and oxygen atoms in total. The second-order valence-electron chi connectivity index (χ2n) is 7.62. The Hall–Kier alpha value is -2.02. The molecular weight excluding hydrogens is 342 g/mol. The van der Waals surface area contributed by atoms with Gasteiger partial charge in [-0.1, -0.05) is 0 Å². The maximum atomic E-state index is 13.0. The Balaban J connectivity index is 1.45.